The van der Waals surface area contributed by atoms with Crippen molar-refractivity contribution >= 4 is 29.3 Å². The maximum atomic E-state index is 13.3. The molecule has 1 heterocycles. The highest BCUT2D eigenvalue weighted by molar-refractivity contribution is 8.00. The summed E-state index contributed by atoms with van der Waals surface area (Å²) < 4.78 is 20.4. The minimum atomic E-state index is -1.08. The first-order valence-corrected chi connectivity index (χ1v) is 25.8. The van der Waals surface area contributed by atoms with E-state index in [-0.39, 0.29) is 61.0 Å². The summed E-state index contributed by atoms with van der Waals surface area (Å²) in [5, 5.41) is 39.4. The number of amides is 1. The molecular weight excluding hydrogens is 843 g/mol. The van der Waals surface area contributed by atoms with Crippen LogP contribution in [-0.4, -0.2) is 69.6 Å². The lowest BCUT2D eigenvalue weighted by molar-refractivity contribution is -0.384. The van der Waals surface area contributed by atoms with Crippen molar-refractivity contribution in [1.29, 1.82) is 0 Å². The predicted octanol–water partition coefficient (Wildman–Crippen LogP) is 12.1. The van der Waals surface area contributed by atoms with Crippen molar-refractivity contribution in [2.45, 2.75) is 171 Å². The minimum absolute atomic E-state index is 0.0188. The van der Waals surface area contributed by atoms with Gasteiger partial charge in [0, 0.05) is 55.0 Å². The number of benzene rings is 2. The number of oxime groups is 1. The molecule has 3 N–H and O–H groups in total. The number of carbonyl (C=O) groups is 1. The molecule has 12 nitrogen and oxygen atoms in total. The number of thioether (sulfide) groups is 1. The molecule has 0 spiro atoms. The number of carbonyl (C=O) groups excluding carboxylic acids is 1. The van der Waals surface area contributed by atoms with E-state index in [4.69, 9.17) is 24.2 Å². The van der Waals surface area contributed by atoms with Crippen LogP contribution in [0.1, 0.15) is 159 Å². The number of hydrogen-bond donors (Lipinski definition) is 3. The first-order chi connectivity index (χ1) is 31.8. The molecule has 3 aliphatic carbocycles. The number of fused-ring (bicyclic) bond motifs is 2. The Labute approximate surface area is 391 Å². The zero-order valence-corrected chi connectivity index (χ0v) is 39.6. The maximum Gasteiger partial charge on any atom is 0.412 e. The lowest BCUT2D eigenvalue weighted by Gasteiger charge is -2.58. The average Bonchev–Trinajstić information content (AvgIpc) is 3.83. The molecule has 4 aliphatic rings. The lowest BCUT2D eigenvalue weighted by Crippen LogP contribution is -2.64. The van der Waals surface area contributed by atoms with Gasteiger partial charge in [-0.1, -0.05) is 108 Å². The Morgan fingerprint density at radius 3 is 2.32 bits per heavy atom. The third kappa shape index (κ3) is 13.8. The average molecular weight is 918 g/mol. The summed E-state index contributed by atoms with van der Waals surface area (Å²) in [5.74, 6) is -0.147. The van der Waals surface area contributed by atoms with Crippen LogP contribution < -0.4 is 14.8 Å². The standard InChI is InChI=1S/C52H75N3O9S/c1-3-5-6-7-8-9-10-11-12-17-30-53-51(58)63-41-28-29-47-45(35-41)49-43(23-16-19-32-57)39(20-15-18-31-56)34-44-46(54-62-37-38-24-26-40(27-25-38)55(59)60)36-48(65-42-21-13-14-22-42)52(64-47,50(44)49)61-33-4-2/h4,24-29,34-35,39,42-43,48-50,56-57H,2-3,5-23,30-33,36-37H2,1H3,(H,53,58). The van der Waals surface area contributed by atoms with Gasteiger partial charge in [-0.2, -0.15) is 0 Å². The first-order valence-electron chi connectivity index (χ1n) is 24.9. The van der Waals surface area contributed by atoms with Crippen LogP contribution in [0, 0.1) is 27.9 Å². The van der Waals surface area contributed by atoms with Crippen LogP contribution in [0.3, 0.4) is 0 Å². The SMILES string of the molecule is C=CCOC12Oc3ccc(OC(=O)NCCCCCCCCCCCC)cc3C3C(CCCCO)C(CCCCO)C=C(C(=NOCc4ccc([N+](=O)[O-])cc4)CC1SC1CCCC1)C32. The number of aliphatic hydroxyl groups excluding tert-OH is 2. The summed E-state index contributed by atoms with van der Waals surface area (Å²) in [6.45, 7) is 7.51. The molecule has 6 atom stereocenters. The molecule has 2 aromatic rings. The fourth-order valence-electron chi connectivity index (χ4n) is 10.6. The predicted molar refractivity (Wildman–Crippen MR) is 259 cm³/mol. The molecule has 358 valence electrons. The first kappa shape index (κ1) is 50.5. The number of rotatable bonds is 29. The Morgan fingerprint density at radius 2 is 1.65 bits per heavy atom. The van der Waals surface area contributed by atoms with Gasteiger partial charge in [0.1, 0.15) is 18.1 Å². The van der Waals surface area contributed by atoms with Crippen molar-refractivity contribution in [3.8, 4) is 11.5 Å². The number of non-ortho nitro benzene ring substituents is 1. The topological polar surface area (TPSA) is 162 Å². The Balaban J connectivity index is 1.32. The smallest absolute Gasteiger partial charge is 0.412 e. The highest BCUT2D eigenvalue weighted by Gasteiger charge is 2.64. The van der Waals surface area contributed by atoms with E-state index in [2.05, 4.69) is 24.9 Å². The largest absolute Gasteiger partial charge is 0.460 e. The van der Waals surface area contributed by atoms with Crippen molar-refractivity contribution in [3.63, 3.8) is 0 Å². The van der Waals surface area contributed by atoms with Crippen LogP contribution >= 0.6 is 11.8 Å². The summed E-state index contributed by atoms with van der Waals surface area (Å²) in [5.41, 5.74) is 3.60. The molecule has 65 heavy (non-hydrogen) atoms. The van der Waals surface area contributed by atoms with Crippen molar-refractivity contribution in [1.82, 2.24) is 5.32 Å². The molecule has 2 saturated carbocycles. The molecule has 13 heteroatoms. The number of unbranched alkanes of at least 4 members (excludes halogenated alkanes) is 11. The lowest BCUT2D eigenvalue weighted by atomic mass is 9.56. The van der Waals surface area contributed by atoms with E-state index in [1.807, 2.05) is 30.0 Å². The molecule has 0 bridgehead atoms. The highest BCUT2D eigenvalue weighted by atomic mass is 32.2. The summed E-state index contributed by atoms with van der Waals surface area (Å²) >= 11 is 1.93. The molecular formula is C52H75N3O9S. The van der Waals surface area contributed by atoms with Gasteiger partial charge < -0.3 is 34.6 Å². The molecule has 1 aliphatic heterocycles. The monoisotopic (exact) mass is 918 g/mol. The molecule has 6 unspecified atom stereocenters. The summed E-state index contributed by atoms with van der Waals surface area (Å²) in [4.78, 5) is 30.4. The number of nitro benzene ring substituents is 1. The third-order valence-electron chi connectivity index (χ3n) is 13.8. The van der Waals surface area contributed by atoms with Crippen LogP contribution in [0.25, 0.3) is 0 Å². The van der Waals surface area contributed by atoms with Crippen LogP contribution in [0.4, 0.5) is 10.5 Å². The number of nitrogens with one attached hydrogen (secondary N) is 1. The van der Waals surface area contributed by atoms with Crippen molar-refractivity contribution < 1.29 is 39.0 Å². The van der Waals surface area contributed by atoms with Gasteiger partial charge in [-0.3, -0.25) is 10.1 Å². The molecule has 0 saturated heterocycles. The van der Waals surface area contributed by atoms with Crippen LogP contribution in [0.15, 0.2) is 71.9 Å². The summed E-state index contributed by atoms with van der Waals surface area (Å²) in [6, 6.07) is 12.1. The molecule has 6 rings (SSSR count). The second-order valence-electron chi connectivity index (χ2n) is 18.5. The Morgan fingerprint density at radius 1 is 0.954 bits per heavy atom. The van der Waals surface area contributed by atoms with E-state index >= 15 is 0 Å². The summed E-state index contributed by atoms with van der Waals surface area (Å²) in [7, 11) is 0. The number of nitrogens with zero attached hydrogens (tertiary/aromatic N) is 2. The number of aliphatic hydroxyl groups is 2. The van der Waals surface area contributed by atoms with Crippen molar-refractivity contribution in [2.75, 3.05) is 26.4 Å². The molecule has 0 aromatic heterocycles. The maximum absolute atomic E-state index is 13.3. The minimum Gasteiger partial charge on any atom is -0.460 e. The highest BCUT2D eigenvalue weighted by Crippen LogP contribution is 2.63. The van der Waals surface area contributed by atoms with Crippen molar-refractivity contribution in [3.05, 3.63) is 88.0 Å². The second-order valence-corrected chi connectivity index (χ2v) is 20.0. The molecule has 2 aromatic carbocycles. The third-order valence-corrected chi connectivity index (χ3v) is 15.5. The van der Waals surface area contributed by atoms with E-state index in [1.165, 1.54) is 76.3 Å². The van der Waals surface area contributed by atoms with Gasteiger partial charge in [-0.15, -0.1) is 18.3 Å². The van der Waals surface area contributed by atoms with E-state index in [0.29, 0.717) is 42.6 Å². The zero-order chi connectivity index (χ0) is 45.9. The normalized spacial score (nSPS) is 24.1. The Kier molecular flexibility index (Phi) is 20.5. The van der Waals surface area contributed by atoms with Gasteiger partial charge in [0.25, 0.3) is 5.69 Å². The van der Waals surface area contributed by atoms with Gasteiger partial charge in [0.05, 0.1) is 28.4 Å². The number of hydrogen-bond acceptors (Lipinski definition) is 11. The molecule has 0 radical (unpaired) electrons. The van der Waals surface area contributed by atoms with E-state index in [0.717, 1.165) is 73.8 Å². The van der Waals surface area contributed by atoms with E-state index < -0.39 is 16.8 Å². The zero-order valence-electron chi connectivity index (χ0n) is 38.8. The second kappa shape index (κ2) is 26.4. The van der Waals surface area contributed by atoms with Gasteiger partial charge >= 0.3 is 6.09 Å². The van der Waals surface area contributed by atoms with Crippen molar-refractivity contribution in [2.24, 2.45) is 22.9 Å². The molecule has 1 amide bonds. The van der Waals surface area contributed by atoms with Crippen LogP contribution in [0.5, 0.6) is 11.5 Å². The Hall–Kier alpha value is -3.91. The number of ether oxygens (including phenoxy) is 3. The van der Waals surface area contributed by atoms with Gasteiger partial charge in [-0.25, -0.2) is 4.79 Å². The quantitative estimate of drug-likeness (QED) is 0.0310. The fourth-order valence-corrected chi connectivity index (χ4v) is 12.4. The number of nitro groups is 1. The summed E-state index contributed by atoms with van der Waals surface area (Å²) in [6.07, 6.45) is 25.8. The van der Waals surface area contributed by atoms with Crippen LogP contribution in [-0.2, 0) is 16.2 Å². The van der Waals surface area contributed by atoms with Gasteiger partial charge in [0.2, 0.25) is 5.79 Å². The molecule has 2 fully saturated rings. The van der Waals surface area contributed by atoms with E-state index in [9.17, 15) is 25.1 Å². The number of allylic oxidation sites excluding steroid dienone is 1. The van der Waals surface area contributed by atoms with Gasteiger partial charge in [0.15, 0.2) is 0 Å². The van der Waals surface area contributed by atoms with E-state index in [1.54, 1.807) is 18.2 Å². The van der Waals surface area contributed by atoms with Crippen LogP contribution in [0.2, 0.25) is 0 Å². The van der Waals surface area contributed by atoms with Gasteiger partial charge in [-0.05, 0) is 98.2 Å². The Bertz CT molecular complexity index is 1870. The fraction of sp³-hybridized carbons (Fsp3) is 0.654.